The van der Waals surface area contributed by atoms with Crippen molar-refractivity contribution in [3.05, 3.63) is 0 Å². The molecule has 1 N–H and O–H groups in total. The number of rotatable bonds is 9. The molecule has 0 aliphatic carbocycles. The third-order valence-corrected chi connectivity index (χ3v) is 4.20. The molecule has 0 radical (unpaired) electrons. The van der Waals surface area contributed by atoms with Gasteiger partial charge in [-0.3, -0.25) is 14.6 Å². The Morgan fingerprint density at radius 3 is 2.13 bits per heavy atom. The molecule has 5 heteroatoms. The molecule has 0 spiro atoms. The van der Waals surface area contributed by atoms with E-state index in [1.54, 1.807) is 0 Å². The van der Waals surface area contributed by atoms with Crippen LogP contribution in [0.4, 0.5) is 0 Å². The molecule has 0 saturated carbocycles. The normalized spacial score (nSPS) is 17.3. The van der Waals surface area contributed by atoms with Crippen molar-refractivity contribution in [2.45, 2.75) is 47.1 Å². The first-order valence-corrected chi connectivity index (χ1v) is 9.02. The predicted molar refractivity (Wildman–Crippen MR) is 95.6 cm³/mol. The van der Waals surface area contributed by atoms with Crippen molar-refractivity contribution in [3.63, 3.8) is 0 Å². The van der Waals surface area contributed by atoms with Crippen molar-refractivity contribution in [1.82, 2.24) is 15.1 Å². The summed E-state index contributed by atoms with van der Waals surface area (Å²) < 4.78 is 5.41. The Morgan fingerprint density at radius 2 is 1.65 bits per heavy atom. The zero-order valence-corrected chi connectivity index (χ0v) is 16.0. The van der Waals surface area contributed by atoms with Crippen molar-refractivity contribution in [2.24, 2.45) is 11.8 Å². The lowest BCUT2D eigenvalue weighted by molar-refractivity contribution is -0.123. The van der Waals surface area contributed by atoms with Crippen LogP contribution in [-0.4, -0.2) is 73.7 Å². The Labute approximate surface area is 142 Å². The summed E-state index contributed by atoms with van der Waals surface area (Å²) in [6.45, 7) is 19.8. The van der Waals surface area contributed by atoms with Crippen LogP contribution in [0.5, 0.6) is 0 Å². The summed E-state index contributed by atoms with van der Waals surface area (Å²) in [6, 6.07) is 0. The van der Waals surface area contributed by atoms with Gasteiger partial charge in [0.1, 0.15) is 0 Å². The van der Waals surface area contributed by atoms with E-state index in [1.165, 1.54) is 0 Å². The van der Waals surface area contributed by atoms with Crippen LogP contribution in [0.25, 0.3) is 0 Å². The number of nitrogens with zero attached hydrogens (tertiary/aromatic N) is 2. The highest BCUT2D eigenvalue weighted by Crippen LogP contribution is 2.15. The van der Waals surface area contributed by atoms with Gasteiger partial charge in [0, 0.05) is 38.3 Å². The van der Waals surface area contributed by atoms with Gasteiger partial charge in [0.05, 0.1) is 19.8 Å². The molecule has 5 nitrogen and oxygen atoms in total. The number of nitrogens with one attached hydrogen (secondary N) is 1. The molecule has 0 atom stereocenters. The van der Waals surface area contributed by atoms with E-state index in [2.05, 4.69) is 56.7 Å². The summed E-state index contributed by atoms with van der Waals surface area (Å²) in [5.41, 5.74) is -0.0274. The SMILES string of the molecule is CC(C)CN(CC(=O)NCC(C)(C)N1CCOCC1)CC(C)C. The van der Waals surface area contributed by atoms with E-state index in [4.69, 9.17) is 4.74 Å². The fourth-order valence-electron chi connectivity index (χ4n) is 3.09. The summed E-state index contributed by atoms with van der Waals surface area (Å²) >= 11 is 0. The number of morpholine rings is 1. The van der Waals surface area contributed by atoms with Gasteiger partial charge in [0.25, 0.3) is 0 Å². The Morgan fingerprint density at radius 1 is 1.13 bits per heavy atom. The minimum Gasteiger partial charge on any atom is -0.379 e. The Hall–Kier alpha value is -0.650. The zero-order chi connectivity index (χ0) is 17.5. The van der Waals surface area contributed by atoms with Crippen LogP contribution in [0.3, 0.4) is 0 Å². The third-order valence-electron chi connectivity index (χ3n) is 4.20. The highest BCUT2D eigenvalue weighted by atomic mass is 16.5. The molecule has 1 aliphatic heterocycles. The first kappa shape index (κ1) is 20.4. The first-order chi connectivity index (χ1) is 10.7. The summed E-state index contributed by atoms with van der Waals surface area (Å²) in [5.74, 6) is 1.28. The smallest absolute Gasteiger partial charge is 0.234 e. The summed E-state index contributed by atoms with van der Waals surface area (Å²) in [6.07, 6.45) is 0. The van der Waals surface area contributed by atoms with Crippen molar-refractivity contribution < 1.29 is 9.53 Å². The lowest BCUT2D eigenvalue weighted by Gasteiger charge is -2.41. The highest BCUT2D eigenvalue weighted by molar-refractivity contribution is 5.78. The van der Waals surface area contributed by atoms with Crippen molar-refractivity contribution >= 4 is 5.91 Å². The Kier molecular flexibility index (Phi) is 8.51. The molecule has 0 aromatic rings. The fourth-order valence-corrected chi connectivity index (χ4v) is 3.09. The lowest BCUT2D eigenvalue weighted by Crippen LogP contribution is -2.56. The highest BCUT2D eigenvalue weighted by Gasteiger charge is 2.28. The second-order valence-electron chi connectivity index (χ2n) is 8.17. The molecule has 0 aromatic carbocycles. The average Bonchev–Trinajstić information content (AvgIpc) is 2.45. The van der Waals surface area contributed by atoms with E-state index >= 15 is 0 Å². The predicted octanol–water partition coefficient (Wildman–Crippen LogP) is 1.83. The van der Waals surface area contributed by atoms with Gasteiger partial charge in [0.15, 0.2) is 0 Å². The van der Waals surface area contributed by atoms with Crippen LogP contribution in [0.15, 0.2) is 0 Å². The molecule has 1 rings (SSSR count). The van der Waals surface area contributed by atoms with Gasteiger partial charge >= 0.3 is 0 Å². The number of amides is 1. The fraction of sp³-hybridized carbons (Fsp3) is 0.944. The molecule has 1 heterocycles. The minimum atomic E-state index is -0.0274. The molecule has 1 fully saturated rings. The molecule has 0 aromatic heterocycles. The topological polar surface area (TPSA) is 44.8 Å². The van der Waals surface area contributed by atoms with Crippen LogP contribution in [0.2, 0.25) is 0 Å². The Balaban J connectivity index is 2.43. The monoisotopic (exact) mass is 327 g/mol. The van der Waals surface area contributed by atoms with Gasteiger partial charge in [0.2, 0.25) is 5.91 Å². The molecule has 136 valence electrons. The number of carbonyl (C=O) groups is 1. The van der Waals surface area contributed by atoms with E-state index in [9.17, 15) is 4.79 Å². The van der Waals surface area contributed by atoms with Gasteiger partial charge < -0.3 is 10.1 Å². The van der Waals surface area contributed by atoms with Crippen LogP contribution in [-0.2, 0) is 9.53 Å². The van der Waals surface area contributed by atoms with Crippen molar-refractivity contribution in [2.75, 3.05) is 52.5 Å². The van der Waals surface area contributed by atoms with E-state index in [0.29, 0.717) is 24.9 Å². The molecule has 23 heavy (non-hydrogen) atoms. The molecule has 1 amide bonds. The second-order valence-corrected chi connectivity index (χ2v) is 8.17. The molecule has 1 aliphatic rings. The quantitative estimate of drug-likeness (QED) is 0.702. The average molecular weight is 328 g/mol. The number of hydrogen-bond donors (Lipinski definition) is 1. The first-order valence-electron chi connectivity index (χ1n) is 9.02. The van der Waals surface area contributed by atoms with Crippen LogP contribution < -0.4 is 5.32 Å². The summed E-state index contributed by atoms with van der Waals surface area (Å²) in [5, 5.41) is 3.13. The maximum absolute atomic E-state index is 12.3. The standard InChI is InChI=1S/C18H37N3O2/c1-15(2)11-20(12-16(3)4)13-17(22)19-14-18(5,6)21-7-9-23-10-8-21/h15-16H,7-14H2,1-6H3,(H,19,22). The van der Waals surface area contributed by atoms with Crippen LogP contribution in [0.1, 0.15) is 41.5 Å². The van der Waals surface area contributed by atoms with E-state index < -0.39 is 0 Å². The largest absolute Gasteiger partial charge is 0.379 e. The Bertz CT molecular complexity index is 340. The van der Waals surface area contributed by atoms with Gasteiger partial charge in [-0.2, -0.15) is 0 Å². The van der Waals surface area contributed by atoms with Gasteiger partial charge in [-0.15, -0.1) is 0 Å². The molecule has 1 saturated heterocycles. The van der Waals surface area contributed by atoms with E-state index in [-0.39, 0.29) is 11.4 Å². The number of carbonyl (C=O) groups excluding carboxylic acids is 1. The van der Waals surface area contributed by atoms with Crippen LogP contribution in [0, 0.1) is 11.8 Å². The van der Waals surface area contributed by atoms with Gasteiger partial charge in [-0.25, -0.2) is 0 Å². The van der Waals surface area contributed by atoms with E-state index in [1.807, 2.05) is 0 Å². The second kappa shape index (κ2) is 9.60. The molecule has 0 bridgehead atoms. The maximum Gasteiger partial charge on any atom is 0.234 e. The van der Waals surface area contributed by atoms with Crippen molar-refractivity contribution in [1.29, 1.82) is 0 Å². The lowest BCUT2D eigenvalue weighted by atomic mass is 10.0. The van der Waals surface area contributed by atoms with Crippen LogP contribution >= 0.6 is 0 Å². The number of hydrogen-bond acceptors (Lipinski definition) is 4. The summed E-state index contributed by atoms with van der Waals surface area (Å²) in [7, 11) is 0. The maximum atomic E-state index is 12.3. The molecular formula is C18H37N3O2. The van der Waals surface area contributed by atoms with Gasteiger partial charge in [-0.1, -0.05) is 27.7 Å². The molecular weight excluding hydrogens is 290 g/mol. The van der Waals surface area contributed by atoms with E-state index in [0.717, 1.165) is 39.4 Å². The van der Waals surface area contributed by atoms with Gasteiger partial charge in [-0.05, 0) is 25.7 Å². The minimum absolute atomic E-state index is 0.0274. The number of ether oxygens (including phenoxy) is 1. The third kappa shape index (κ3) is 8.13. The zero-order valence-electron chi connectivity index (χ0n) is 16.0. The van der Waals surface area contributed by atoms with Crippen molar-refractivity contribution in [3.8, 4) is 0 Å². The summed E-state index contributed by atoms with van der Waals surface area (Å²) in [4.78, 5) is 17.0. The molecule has 0 unspecified atom stereocenters.